The van der Waals surface area contributed by atoms with E-state index in [1.54, 1.807) is 36.2 Å². The van der Waals surface area contributed by atoms with E-state index in [2.05, 4.69) is 5.32 Å². The molecule has 6 nitrogen and oxygen atoms in total. The van der Waals surface area contributed by atoms with Gasteiger partial charge in [-0.05, 0) is 37.1 Å². The number of likely N-dealkylation sites (N-methyl/N-ethyl adjacent to an activating group) is 1. The number of rotatable bonds is 10. The Morgan fingerprint density at radius 3 is 2.10 bits per heavy atom. The predicted octanol–water partition coefficient (Wildman–Crippen LogP) is 3.33. The van der Waals surface area contributed by atoms with Crippen LogP contribution in [0.2, 0.25) is 0 Å². The topological polar surface area (TPSA) is 69.7 Å². The Bertz CT molecular complexity index is 921. The number of nitrogens with zero attached hydrogens (tertiary/aromatic N) is 2. The van der Waals surface area contributed by atoms with Gasteiger partial charge in [-0.25, -0.2) is 8.42 Å². The molecule has 0 aliphatic rings. The van der Waals surface area contributed by atoms with Crippen LogP contribution >= 0.6 is 0 Å². The Kier molecular flexibility index (Phi) is 8.58. The highest BCUT2D eigenvalue weighted by Gasteiger charge is 2.21. The van der Waals surface area contributed by atoms with Crippen molar-refractivity contribution in [1.29, 1.82) is 0 Å². The summed E-state index contributed by atoms with van der Waals surface area (Å²) in [5.74, 6) is 0.00292. The molecule has 1 N–H and O–H groups in total. The van der Waals surface area contributed by atoms with Gasteiger partial charge >= 0.3 is 0 Å². The van der Waals surface area contributed by atoms with Crippen LogP contribution in [-0.2, 0) is 21.4 Å². The number of hydrogen-bond donors (Lipinski definition) is 1. The monoisotopic (exact) mass is 431 g/mol. The van der Waals surface area contributed by atoms with Crippen molar-refractivity contribution in [2.75, 3.05) is 26.7 Å². The van der Waals surface area contributed by atoms with Crippen LogP contribution in [0.3, 0.4) is 0 Å². The lowest BCUT2D eigenvalue weighted by molar-refractivity contribution is -0.129. The molecule has 0 unspecified atom stereocenters. The molecule has 2 rings (SSSR count). The van der Waals surface area contributed by atoms with Crippen molar-refractivity contribution in [2.24, 2.45) is 0 Å². The molecule has 1 atom stereocenters. The number of hydrogen-bond acceptors (Lipinski definition) is 4. The van der Waals surface area contributed by atoms with Gasteiger partial charge in [0.25, 0.3) is 0 Å². The quantitative estimate of drug-likeness (QED) is 0.626. The summed E-state index contributed by atoms with van der Waals surface area (Å²) >= 11 is 0. The zero-order valence-corrected chi connectivity index (χ0v) is 19.4. The van der Waals surface area contributed by atoms with Gasteiger partial charge in [-0.1, -0.05) is 55.8 Å². The van der Waals surface area contributed by atoms with E-state index in [0.717, 1.165) is 11.1 Å². The molecule has 7 heteroatoms. The van der Waals surface area contributed by atoms with Crippen LogP contribution in [0.4, 0.5) is 0 Å². The zero-order chi connectivity index (χ0) is 22.3. The first-order valence-electron chi connectivity index (χ1n) is 10.3. The third kappa shape index (κ3) is 6.14. The third-order valence-electron chi connectivity index (χ3n) is 5.25. The second-order valence-corrected chi connectivity index (χ2v) is 9.43. The minimum absolute atomic E-state index is 0.00292. The Balaban J connectivity index is 1.93. The molecule has 0 spiro atoms. The second-order valence-electron chi connectivity index (χ2n) is 7.50. The first-order valence-corrected chi connectivity index (χ1v) is 11.8. The van der Waals surface area contributed by atoms with E-state index in [4.69, 9.17) is 0 Å². The highest BCUT2D eigenvalue weighted by Crippen LogP contribution is 2.19. The second kappa shape index (κ2) is 10.7. The first-order chi connectivity index (χ1) is 14.2. The van der Waals surface area contributed by atoms with Gasteiger partial charge in [0, 0.05) is 32.7 Å². The van der Waals surface area contributed by atoms with Gasteiger partial charge in [0.15, 0.2) is 0 Å². The maximum absolute atomic E-state index is 12.6. The van der Waals surface area contributed by atoms with Gasteiger partial charge in [0.1, 0.15) is 0 Å². The fourth-order valence-corrected chi connectivity index (χ4v) is 4.65. The summed E-state index contributed by atoms with van der Waals surface area (Å²) in [6, 6.07) is 14.9. The molecule has 0 aliphatic carbocycles. The van der Waals surface area contributed by atoms with E-state index >= 15 is 0 Å². The molecule has 0 bridgehead atoms. The number of carbonyl (C=O) groups is 1. The van der Waals surface area contributed by atoms with E-state index in [0.29, 0.717) is 19.6 Å². The fourth-order valence-electron chi connectivity index (χ4n) is 3.19. The van der Waals surface area contributed by atoms with Crippen LogP contribution in [0, 0.1) is 6.92 Å². The van der Waals surface area contributed by atoms with Gasteiger partial charge < -0.3 is 10.2 Å². The van der Waals surface area contributed by atoms with Crippen LogP contribution in [-0.4, -0.2) is 50.2 Å². The average Bonchev–Trinajstić information content (AvgIpc) is 2.74. The molecule has 0 aliphatic heterocycles. The van der Waals surface area contributed by atoms with Gasteiger partial charge in [-0.15, -0.1) is 0 Å². The number of nitrogens with one attached hydrogen (secondary N) is 1. The molecular weight excluding hydrogens is 398 g/mol. The summed E-state index contributed by atoms with van der Waals surface area (Å²) in [6.45, 7) is 9.31. The first kappa shape index (κ1) is 24.1. The summed E-state index contributed by atoms with van der Waals surface area (Å²) < 4.78 is 26.6. The lowest BCUT2D eigenvalue weighted by atomic mass is 10.1. The van der Waals surface area contributed by atoms with E-state index in [9.17, 15) is 13.2 Å². The molecule has 0 aromatic heterocycles. The van der Waals surface area contributed by atoms with Gasteiger partial charge in [0.05, 0.1) is 11.4 Å². The van der Waals surface area contributed by atoms with Crippen molar-refractivity contribution in [1.82, 2.24) is 14.5 Å². The molecule has 1 amide bonds. The normalized spacial score (nSPS) is 12.7. The standard InChI is InChI=1S/C23H33N3O3S/c1-6-26(7-2)30(28,29)22-14-12-21(13-15-22)19(4)24-16-23(27)25(5)17-20-10-8-18(3)9-11-20/h8-15,19,24H,6-7,16-17H2,1-5H3/t19-/m0/s1. The highest BCUT2D eigenvalue weighted by atomic mass is 32.2. The maximum Gasteiger partial charge on any atom is 0.243 e. The zero-order valence-electron chi connectivity index (χ0n) is 18.6. The fraction of sp³-hybridized carbons (Fsp3) is 0.435. The lowest BCUT2D eigenvalue weighted by Gasteiger charge is -2.21. The molecule has 0 saturated carbocycles. The smallest absolute Gasteiger partial charge is 0.243 e. The van der Waals surface area contributed by atoms with Gasteiger partial charge in [-0.2, -0.15) is 4.31 Å². The van der Waals surface area contributed by atoms with E-state index < -0.39 is 10.0 Å². The van der Waals surface area contributed by atoms with Gasteiger partial charge in [0.2, 0.25) is 15.9 Å². The summed E-state index contributed by atoms with van der Waals surface area (Å²) in [5, 5.41) is 3.23. The number of aryl methyl sites for hydroxylation is 1. The van der Waals surface area contributed by atoms with E-state index in [1.165, 1.54) is 9.87 Å². The van der Waals surface area contributed by atoms with Gasteiger partial charge in [-0.3, -0.25) is 4.79 Å². The van der Waals surface area contributed by atoms with Crippen molar-refractivity contribution < 1.29 is 13.2 Å². The molecule has 30 heavy (non-hydrogen) atoms. The van der Waals surface area contributed by atoms with Crippen molar-refractivity contribution in [2.45, 2.75) is 45.2 Å². The van der Waals surface area contributed by atoms with Crippen LogP contribution < -0.4 is 5.32 Å². The minimum Gasteiger partial charge on any atom is -0.340 e. The lowest BCUT2D eigenvalue weighted by Crippen LogP contribution is -2.36. The molecule has 0 fully saturated rings. The molecule has 164 valence electrons. The predicted molar refractivity (Wildman–Crippen MR) is 121 cm³/mol. The van der Waals surface area contributed by atoms with Crippen molar-refractivity contribution in [3.63, 3.8) is 0 Å². The summed E-state index contributed by atoms with van der Waals surface area (Å²) in [5.41, 5.74) is 3.22. The summed E-state index contributed by atoms with van der Waals surface area (Å²) in [7, 11) is -1.67. The number of benzene rings is 2. The van der Waals surface area contributed by atoms with Crippen LogP contribution in [0.15, 0.2) is 53.4 Å². The van der Waals surface area contributed by atoms with E-state index in [-0.39, 0.29) is 23.4 Å². The molecule has 2 aromatic carbocycles. The van der Waals surface area contributed by atoms with Crippen molar-refractivity contribution >= 4 is 15.9 Å². The molecular formula is C23H33N3O3S. The largest absolute Gasteiger partial charge is 0.340 e. The SMILES string of the molecule is CCN(CC)S(=O)(=O)c1ccc([C@H](C)NCC(=O)N(C)Cc2ccc(C)cc2)cc1. The van der Waals surface area contributed by atoms with Crippen molar-refractivity contribution in [3.05, 3.63) is 65.2 Å². The summed E-state index contributed by atoms with van der Waals surface area (Å²) in [4.78, 5) is 14.4. The van der Waals surface area contributed by atoms with E-state index in [1.807, 2.05) is 52.0 Å². The number of sulfonamides is 1. The Morgan fingerprint density at radius 1 is 1.00 bits per heavy atom. The highest BCUT2D eigenvalue weighted by molar-refractivity contribution is 7.89. The Morgan fingerprint density at radius 2 is 1.57 bits per heavy atom. The summed E-state index contributed by atoms with van der Waals surface area (Å²) in [6.07, 6.45) is 0. The average molecular weight is 432 g/mol. The molecule has 0 radical (unpaired) electrons. The van der Waals surface area contributed by atoms with Crippen LogP contribution in [0.25, 0.3) is 0 Å². The molecule has 0 saturated heterocycles. The molecule has 2 aromatic rings. The number of amides is 1. The number of carbonyl (C=O) groups excluding carboxylic acids is 1. The minimum atomic E-state index is -3.46. The van der Waals surface area contributed by atoms with Crippen molar-refractivity contribution in [3.8, 4) is 0 Å². The Hall–Kier alpha value is -2.22. The third-order valence-corrected chi connectivity index (χ3v) is 7.31. The van der Waals surface area contributed by atoms with Crippen LogP contribution in [0.1, 0.15) is 43.5 Å². The molecule has 0 heterocycles. The van der Waals surface area contributed by atoms with Crippen LogP contribution in [0.5, 0.6) is 0 Å². The Labute approximate surface area is 180 Å². The maximum atomic E-state index is 12.6.